The average Bonchev–Trinajstić information content (AvgIpc) is 2.64. The molecule has 0 spiro atoms. The van der Waals surface area contributed by atoms with Crippen molar-refractivity contribution in [3.05, 3.63) is 41.3 Å². The second-order valence-corrected chi connectivity index (χ2v) is 7.16. The van der Waals surface area contributed by atoms with Crippen LogP contribution < -0.4 is 0 Å². The van der Waals surface area contributed by atoms with Crippen molar-refractivity contribution in [1.29, 1.82) is 0 Å². The number of nitrogens with zero attached hydrogens (tertiary/aromatic N) is 2. The van der Waals surface area contributed by atoms with Crippen LogP contribution in [0.3, 0.4) is 0 Å². The van der Waals surface area contributed by atoms with Gasteiger partial charge in [-0.2, -0.15) is 0 Å². The largest absolute Gasteiger partial charge is 0.338 e. The summed E-state index contributed by atoms with van der Waals surface area (Å²) in [6.45, 7) is 3.10. The fourth-order valence-corrected chi connectivity index (χ4v) is 4.26. The minimum absolute atomic E-state index is 0.0137. The number of likely N-dealkylation sites (tertiary alicyclic amines) is 1. The van der Waals surface area contributed by atoms with Gasteiger partial charge in [0.25, 0.3) is 0 Å². The highest BCUT2D eigenvalue weighted by molar-refractivity contribution is 8.03. The lowest BCUT2D eigenvalue weighted by Crippen LogP contribution is -2.49. The molecule has 2 heterocycles. The molecule has 128 valence electrons. The summed E-state index contributed by atoms with van der Waals surface area (Å²) in [5.74, 6) is 0.490. The lowest BCUT2D eigenvalue weighted by Gasteiger charge is -2.37. The summed E-state index contributed by atoms with van der Waals surface area (Å²) in [6, 6.07) is 10.2. The molecule has 24 heavy (non-hydrogen) atoms. The van der Waals surface area contributed by atoms with Crippen molar-refractivity contribution in [2.75, 3.05) is 18.8 Å². The van der Waals surface area contributed by atoms with E-state index in [1.807, 2.05) is 40.6 Å². The van der Waals surface area contributed by atoms with Gasteiger partial charge in [-0.3, -0.25) is 9.59 Å². The Balaban J connectivity index is 1.78. The van der Waals surface area contributed by atoms with Gasteiger partial charge in [-0.25, -0.2) is 0 Å². The first-order valence-corrected chi connectivity index (χ1v) is 9.72. The van der Waals surface area contributed by atoms with Crippen LogP contribution >= 0.6 is 11.8 Å². The Hall–Kier alpha value is -1.75. The van der Waals surface area contributed by atoms with Gasteiger partial charge in [0.2, 0.25) is 11.8 Å². The number of rotatable bonds is 4. The third kappa shape index (κ3) is 3.66. The molecule has 1 atom stereocenters. The zero-order valence-corrected chi connectivity index (χ0v) is 14.9. The maximum absolute atomic E-state index is 12.9. The molecule has 0 aliphatic carbocycles. The van der Waals surface area contributed by atoms with Crippen molar-refractivity contribution in [1.82, 2.24) is 9.80 Å². The topological polar surface area (TPSA) is 40.6 Å². The highest BCUT2D eigenvalue weighted by Gasteiger charge is 2.30. The predicted octanol–water partition coefficient (Wildman–Crippen LogP) is 3.35. The molecular weight excluding hydrogens is 320 g/mol. The lowest BCUT2D eigenvalue weighted by atomic mass is 10.00. The van der Waals surface area contributed by atoms with Crippen LogP contribution in [0, 0.1) is 0 Å². The van der Waals surface area contributed by atoms with Gasteiger partial charge < -0.3 is 9.80 Å². The van der Waals surface area contributed by atoms with Crippen LogP contribution in [0.2, 0.25) is 0 Å². The van der Waals surface area contributed by atoms with Crippen LogP contribution in [0.4, 0.5) is 0 Å². The SMILES string of the molecule is CCC1CCCCN1C(=O)CN1C(=O)CSC=C1c1ccccc1. The maximum atomic E-state index is 12.9. The Morgan fingerprint density at radius 1 is 1.25 bits per heavy atom. The Labute approximate surface area is 147 Å². The average molecular weight is 344 g/mol. The summed E-state index contributed by atoms with van der Waals surface area (Å²) in [6.07, 6.45) is 4.31. The number of amides is 2. The van der Waals surface area contributed by atoms with Gasteiger partial charge in [-0.1, -0.05) is 37.3 Å². The molecule has 1 aromatic carbocycles. The third-order valence-corrected chi connectivity index (χ3v) is 5.58. The van der Waals surface area contributed by atoms with Gasteiger partial charge in [0.1, 0.15) is 6.54 Å². The van der Waals surface area contributed by atoms with E-state index < -0.39 is 0 Å². The van der Waals surface area contributed by atoms with Crippen LogP contribution in [0.25, 0.3) is 5.70 Å². The van der Waals surface area contributed by atoms with E-state index in [0.29, 0.717) is 11.8 Å². The van der Waals surface area contributed by atoms with Crippen molar-refractivity contribution >= 4 is 29.3 Å². The first kappa shape index (κ1) is 17.1. The predicted molar refractivity (Wildman–Crippen MR) is 98.2 cm³/mol. The van der Waals surface area contributed by atoms with E-state index in [-0.39, 0.29) is 18.4 Å². The Kier molecular flexibility index (Phi) is 5.61. The van der Waals surface area contributed by atoms with Crippen LogP contribution in [0.1, 0.15) is 38.2 Å². The Morgan fingerprint density at radius 2 is 2.04 bits per heavy atom. The summed E-state index contributed by atoms with van der Waals surface area (Å²) < 4.78 is 0. The van der Waals surface area contributed by atoms with Crippen molar-refractivity contribution in [2.24, 2.45) is 0 Å². The molecule has 0 radical (unpaired) electrons. The molecule has 1 saturated heterocycles. The summed E-state index contributed by atoms with van der Waals surface area (Å²) >= 11 is 1.50. The summed E-state index contributed by atoms with van der Waals surface area (Å²) in [4.78, 5) is 28.9. The highest BCUT2D eigenvalue weighted by Crippen LogP contribution is 2.28. The van der Waals surface area contributed by atoms with Gasteiger partial charge in [-0.15, -0.1) is 11.8 Å². The number of hydrogen-bond acceptors (Lipinski definition) is 3. The second-order valence-electron chi connectivity index (χ2n) is 6.30. The van der Waals surface area contributed by atoms with E-state index >= 15 is 0 Å². The van der Waals surface area contributed by atoms with Gasteiger partial charge in [0.15, 0.2) is 0 Å². The Bertz CT molecular complexity index is 630. The molecule has 1 fully saturated rings. The third-order valence-electron chi connectivity index (χ3n) is 4.78. The second kappa shape index (κ2) is 7.88. The number of thioether (sulfide) groups is 1. The lowest BCUT2D eigenvalue weighted by molar-refractivity contribution is -0.139. The van der Waals surface area contributed by atoms with Crippen LogP contribution in [0.5, 0.6) is 0 Å². The molecule has 2 amide bonds. The van der Waals surface area contributed by atoms with E-state index in [1.54, 1.807) is 4.90 Å². The van der Waals surface area contributed by atoms with Gasteiger partial charge in [0, 0.05) is 12.6 Å². The number of benzene rings is 1. The zero-order chi connectivity index (χ0) is 16.9. The van der Waals surface area contributed by atoms with E-state index in [1.165, 1.54) is 18.2 Å². The molecule has 1 aromatic rings. The standard InChI is InChI=1S/C19H24N2O2S/c1-2-16-10-6-7-11-20(16)18(22)12-21-17(13-24-14-19(21)23)15-8-4-3-5-9-15/h3-5,8-9,13,16H,2,6-7,10-12,14H2,1H3. The number of carbonyl (C=O) groups excluding carboxylic acids is 2. The normalized spacial score (nSPS) is 21.6. The first-order valence-electron chi connectivity index (χ1n) is 8.67. The number of carbonyl (C=O) groups is 2. The quantitative estimate of drug-likeness (QED) is 0.841. The summed E-state index contributed by atoms with van der Waals surface area (Å²) in [7, 11) is 0. The van der Waals surface area contributed by atoms with E-state index in [2.05, 4.69) is 6.92 Å². The fourth-order valence-electron chi connectivity index (χ4n) is 3.45. The van der Waals surface area contributed by atoms with E-state index in [0.717, 1.165) is 37.1 Å². The monoisotopic (exact) mass is 344 g/mol. The van der Waals surface area contributed by atoms with Crippen LogP contribution in [0.15, 0.2) is 35.7 Å². The van der Waals surface area contributed by atoms with Crippen molar-refractivity contribution in [2.45, 2.75) is 38.6 Å². The summed E-state index contributed by atoms with van der Waals surface area (Å²) in [5.41, 5.74) is 1.83. The minimum atomic E-state index is 0.0137. The van der Waals surface area contributed by atoms with Gasteiger partial charge in [0.05, 0.1) is 11.4 Å². The minimum Gasteiger partial charge on any atom is -0.338 e. The van der Waals surface area contributed by atoms with Gasteiger partial charge >= 0.3 is 0 Å². The fraction of sp³-hybridized carbons (Fsp3) is 0.474. The maximum Gasteiger partial charge on any atom is 0.242 e. The molecule has 0 N–H and O–H groups in total. The molecular formula is C19H24N2O2S. The number of piperidine rings is 1. The molecule has 2 aliphatic rings. The van der Waals surface area contributed by atoms with Crippen molar-refractivity contribution < 1.29 is 9.59 Å². The first-order chi connectivity index (χ1) is 11.7. The molecule has 3 rings (SSSR count). The van der Waals surface area contributed by atoms with E-state index in [4.69, 9.17) is 0 Å². The van der Waals surface area contributed by atoms with Crippen molar-refractivity contribution in [3.63, 3.8) is 0 Å². The molecule has 0 bridgehead atoms. The van der Waals surface area contributed by atoms with Crippen LogP contribution in [-0.4, -0.2) is 46.5 Å². The van der Waals surface area contributed by atoms with Crippen LogP contribution in [-0.2, 0) is 9.59 Å². The van der Waals surface area contributed by atoms with Gasteiger partial charge in [-0.05, 0) is 36.7 Å². The number of hydrogen-bond donors (Lipinski definition) is 0. The molecule has 5 heteroatoms. The van der Waals surface area contributed by atoms with E-state index in [9.17, 15) is 9.59 Å². The Morgan fingerprint density at radius 3 is 2.79 bits per heavy atom. The molecule has 0 aromatic heterocycles. The molecule has 4 nitrogen and oxygen atoms in total. The molecule has 2 aliphatic heterocycles. The molecule has 0 saturated carbocycles. The highest BCUT2D eigenvalue weighted by atomic mass is 32.2. The molecule has 1 unspecified atom stereocenters. The summed E-state index contributed by atoms with van der Waals surface area (Å²) in [5, 5.41) is 2.00. The smallest absolute Gasteiger partial charge is 0.242 e. The van der Waals surface area contributed by atoms with Crippen molar-refractivity contribution in [3.8, 4) is 0 Å². The zero-order valence-electron chi connectivity index (χ0n) is 14.1.